The molecule has 1 amide bonds. The summed E-state index contributed by atoms with van der Waals surface area (Å²) < 4.78 is 0.985. The summed E-state index contributed by atoms with van der Waals surface area (Å²) >= 11 is 5.13. The number of hydrogen-bond donors (Lipinski definition) is 2. The molecule has 5 heteroatoms. The molecule has 2 aliphatic rings. The lowest BCUT2D eigenvalue weighted by molar-refractivity contribution is -0.125. The summed E-state index contributed by atoms with van der Waals surface area (Å²) in [6.45, 7) is 0. The number of rotatable bonds is 1. The van der Waals surface area contributed by atoms with Crippen molar-refractivity contribution in [3.05, 3.63) is 94.0 Å². The maximum Gasteiger partial charge on any atom is 0.239 e. The monoisotopic (exact) mass is 437 g/mol. The second kappa shape index (κ2) is 6.23. The van der Waals surface area contributed by atoms with Crippen molar-refractivity contribution in [1.29, 1.82) is 0 Å². The van der Waals surface area contributed by atoms with Gasteiger partial charge in [0.1, 0.15) is 11.5 Å². The number of halogens is 1. The van der Waals surface area contributed by atoms with Gasteiger partial charge >= 0.3 is 0 Å². The van der Waals surface area contributed by atoms with Gasteiger partial charge in [0.15, 0.2) is 0 Å². The normalized spacial score (nSPS) is 25.8. The lowest BCUT2D eigenvalue weighted by Gasteiger charge is -2.44. The highest BCUT2D eigenvalue weighted by atomic mass is 79.9. The maximum atomic E-state index is 13.4. The smallest absolute Gasteiger partial charge is 0.239 e. The number of carbonyl (C=O) groups excluding carboxylic acids is 1. The van der Waals surface area contributed by atoms with Gasteiger partial charge in [0.25, 0.3) is 0 Å². The molecule has 5 rings (SSSR count). The summed E-state index contributed by atoms with van der Waals surface area (Å²) in [4.78, 5) is 14.4. The molecule has 134 valence electrons. The van der Waals surface area contributed by atoms with Crippen LogP contribution in [0.2, 0.25) is 0 Å². The summed E-state index contributed by atoms with van der Waals surface area (Å²) in [5, 5.41) is 14.3. The fourth-order valence-electron chi connectivity index (χ4n) is 4.22. The molecule has 0 radical (unpaired) electrons. The van der Waals surface area contributed by atoms with Crippen molar-refractivity contribution in [2.45, 2.75) is 21.7 Å². The molecular weight excluding hydrogens is 422 g/mol. The van der Waals surface area contributed by atoms with Gasteiger partial charge in [0, 0.05) is 15.1 Å². The Bertz CT molecular complexity index is 1050. The molecule has 3 aromatic rings. The largest absolute Gasteiger partial charge is 0.387 e. The van der Waals surface area contributed by atoms with Gasteiger partial charge in [-0.05, 0) is 41.0 Å². The van der Waals surface area contributed by atoms with Crippen LogP contribution in [-0.4, -0.2) is 11.0 Å². The topological polar surface area (TPSA) is 49.3 Å². The second-order valence-electron chi connectivity index (χ2n) is 6.86. The summed E-state index contributed by atoms with van der Waals surface area (Å²) in [7, 11) is 0. The van der Waals surface area contributed by atoms with Crippen molar-refractivity contribution in [3.8, 4) is 0 Å². The third kappa shape index (κ3) is 2.35. The van der Waals surface area contributed by atoms with Crippen molar-refractivity contribution in [2.24, 2.45) is 0 Å². The number of para-hydroxylation sites is 1. The van der Waals surface area contributed by atoms with Gasteiger partial charge in [-0.3, -0.25) is 4.79 Å². The quantitative estimate of drug-likeness (QED) is 0.548. The molecule has 0 unspecified atom stereocenters. The zero-order valence-corrected chi connectivity index (χ0v) is 16.6. The van der Waals surface area contributed by atoms with Gasteiger partial charge in [-0.15, -0.1) is 11.8 Å². The summed E-state index contributed by atoms with van der Waals surface area (Å²) in [6.07, 6.45) is -0.924. The molecule has 0 bridgehead atoms. The van der Waals surface area contributed by atoms with E-state index in [1.807, 2.05) is 72.8 Å². The average molecular weight is 438 g/mol. The van der Waals surface area contributed by atoms with Gasteiger partial charge < -0.3 is 10.4 Å². The number of thioether (sulfide) groups is 1. The first-order valence-electron chi connectivity index (χ1n) is 8.72. The molecule has 27 heavy (non-hydrogen) atoms. The number of amides is 1. The third-order valence-corrected chi connectivity index (χ3v) is 7.51. The van der Waals surface area contributed by atoms with Crippen LogP contribution in [0.3, 0.4) is 0 Å². The Morgan fingerprint density at radius 2 is 1.67 bits per heavy atom. The number of carbonyl (C=O) groups is 1. The molecule has 3 aromatic carbocycles. The minimum atomic E-state index is -1.07. The van der Waals surface area contributed by atoms with E-state index in [0.717, 1.165) is 31.7 Å². The van der Waals surface area contributed by atoms with E-state index in [2.05, 4.69) is 21.2 Å². The first-order chi connectivity index (χ1) is 13.1. The van der Waals surface area contributed by atoms with E-state index in [-0.39, 0.29) is 11.2 Å². The van der Waals surface area contributed by atoms with Crippen molar-refractivity contribution in [3.63, 3.8) is 0 Å². The molecule has 0 aromatic heterocycles. The van der Waals surface area contributed by atoms with Crippen LogP contribution in [0.5, 0.6) is 0 Å². The Morgan fingerprint density at radius 1 is 0.963 bits per heavy atom. The minimum absolute atomic E-state index is 0.147. The number of aliphatic hydroxyl groups is 1. The van der Waals surface area contributed by atoms with Gasteiger partial charge in [-0.2, -0.15) is 0 Å². The van der Waals surface area contributed by atoms with Crippen LogP contribution in [-0.2, 0) is 10.2 Å². The van der Waals surface area contributed by atoms with E-state index in [1.54, 1.807) is 11.8 Å². The Hall–Kier alpha value is -2.08. The Kier molecular flexibility index (Phi) is 3.93. The van der Waals surface area contributed by atoms with Crippen molar-refractivity contribution in [1.82, 2.24) is 0 Å². The Balaban J connectivity index is 1.80. The fourth-order valence-corrected chi connectivity index (χ4v) is 6.06. The summed E-state index contributed by atoms with van der Waals surface area (Å²) in [5.41, 5.74) is 2.40. The van der Waals surface area contributed by atoms with Crippen molar-refractivity contribution >= 4 is 39.3 Å². The van der Waals surface area contributed by atoms with Crippen LogP contribution < -0.4 is 5.32 Å². The number of nitrogens with one attached hydrogen (secondary N) is 1. The first-order valence-corrected chi connectivity index (χ1v) is 10.4. The van der Waals surface area contributed by atoms with E-state index < -0.39 is 11.5 Å². The lowest BCUT2D eigenvalue weighted by Crippen LogP contribution is -2.46. The molecule has 2 N–H and O–H groups in total. The molecule has 0 saturated heterocycles. The van der Waals surface area contributed by atoms with Crippen LogP contribution in [0.15, 0.2) is 82.2 Å². The summed E-state index contributed by atoms with van der Waals surface area (Å²) in [6, 6.07) is 23.5. The summed E-state index contributed by atoms with van der Waals surface area (Å²) in [5.74, 6) is -0.147. The molecule has 3 atom stereocenters. The van der Waals surface area contributed by atoms with Crippen LogP contribution in [0.4, 0.5) is 5.69 Å². The number of hydrogen-bond acceptors (Lipinski definition) is 3. The highest BCUT2D eigenvalue weighted by Gasteiger charge is 2.60. The number of benzene rings is 3. The van der Waals surface area contributed by atoms with E-state index in [0.29, 0.717) is 0 Å². The molecule has 0 fully saturated rings. The molecular formula is C22H16BrNO2S. The molecule has 1 spiro atoms. The highest BCUT2D eigenvalue weighted by Crippen LogP contribution is 2.63. The lowest BCUT2D eigenvalue weighted by atomic mass is 9.69. The zero-order valence-electron chi connectivity index (χ0n) is 14.2. The second-order valence-corrected chi connectivity index (χ2v) is 8.92. The molecule has 0 aliphatic carbocycles. The standard InChI is InChI=1S/C22H16BrNO2S/c23-14-11-9-13(10-12-14)20-22(16-6-2-3-7-17(16)24-21(22)26)19(25)15-5-1-4-8-18(15)27-20/h1-12,19-20,25H,(H,24,26)/t19-,20-,22+/m0/s1. The predicted octanol–water partition coefficient (Wildman–Crippen LogP) is 5.22. The van der Waals surface area contributed by atoms with Gasteiger partial charge in [0.05, 0.1) is 5.25 Å². The van der Waals surface area contributed by atoms with Crippen LogP contribution in [0.25, 0.3) is 0 Å². The molecule has 3 nitrogen and oxygen atoms in total. The molecule has 0 saturated carbocycles. The van der Waals surface area contributed by atoms with Gasteiger partial charge in [-0.25, -0.2) is 0 Å². The highest BCUT2D eigenvalue weighted by molar-refractivity contribution is 9.10. The van der Waals surface area contributed by atoms with Crippen LogP contribution in [0, 0.1) is 0 Å². The number of anilines is 1. The van der Waals surface area contributed by atoms with E-state index in [1.165, 1.54) is 0 Å². The van der Waals surface area contributed by atoms with Crippen LogP contribution >= 0.6 is 27.7 Å². The van der Waals surface area contributed by atoms with E-state index in [4.69, 9.17) is 0 Å². The maximum absolute atomic E-state index is 13.4. The third-order valence-electron chi connectivity index (χ3n) is 5.47. The average Bonchev–Trinajstić information content (AvgIpc) is 2.98. The van der Waals surface area contributed by atoms with Crippen molar-refractivity contribution < 1.29 is 9.90 Å². The Labute approximate surface area is 169 Å². The minimum Gasteiger partial charge on any atom is -0.387 e. The molecule has 2 aliphatic heterocycles. The number of aliphatic hydroxyl groups excluding tert-OH is 1. The predicted molar refractivity (Wildman–Crippen MR) is 111 cm³/mol. The van der Waals surface area contributed by atoms with Gasteiger partial charge in [0.2, 0.25) is 5.91 Å². The SMILES string of the molecule is O=C1Nc2ccccc2[C@]12[C@@H](O)c1ccccc1S[C@H]2c1ccc(Br)cc1. The first kappa shape index (κ1) is 17.0. The van der Waals surface area contributed by atoms with E-state index in [9.17, 15) is 9.90 Å². The van der Waals surface area contributed by atoms with Crippen molar-refractivity contribution in [2.75, 3.05) is 5.32 Å². The fraction of sp³-hybridized carbons (Fsp3) is 0.136. The van der Waals surface area contributed by atoms with E-state index >= 15 is 0 Å². The van der Waals surface area contributed by atoms with Crippen LogP contribution in [0.1, 0.15) is 28.0 Å². The Morgan fingerprint density at radius 3 is 2.48 bits per heavy atom. The molecule has 2 heterocycles. The number of fused-ring (bicyclic) bond motifs is 3. The van der Waals surface area contributed by atoms with Gasteiger partial charge in [-0.1, -0.05) is 64.5 Å². The zero-order chi connectivity index (χ0) is 18.6.